The lowest BCUT2D eigenvalue weighted by Gasteiger charge is -2.08. The van der Waals surface area contributed by atoms with Crippen LogP contribution in [0, 0.1) is 5.82 Å². The Balaban J connectivity index is 1.94. The van der Waals surface area contributed by atoms with Gasteiger partial charge in [-0.05, 0) is 42.3 Å². The molecule has 5 nitrogen and oxygen atoms in total. The van der Waals surface area contributed by atoms with Crippen LogP contribution in [0.3, 0.4) is 0 Å². The lowest BCUT2D eigenvalue weighted by Crippen LogP contribution is -2.25. The summed E-state index contributed by atoms with van der Waals surface area (Å²) in [5.41, 5.74) is 1.46. The van der Waals surface area contributed by atoms with Crippen molar-refractivity contribution in [2.75, 3.05) is 17.5 Å². The number of nitrogens with one attached hydrogen (secondary N) is 2. The molecule has 0 aliphatic heterocycles. The predicted molar refractivity (Wildman–Crippen MR) is 87.3 cm³/mol. The minimum atomic E-state index is -3.39. The molecule has 0 radical (unpaired) electrons. The zero-order chi connectivity index (χ0) is 16.9. The van der Waals surface area contributed by atoms with E-state index >= 15 is 0 Å². The van der Waals surface area contributed by atoms with Gasteiger partial charge in [0.05, 0.1) is 6.26 Å². The fraction of sp³-hybridized carbons (Fsp3) is 0.188. The van der Waals surface area contributed by atoms with Gasteiger partial charge in [-0.2, -0.15) is 0 Å². The van der Waals surface area contributed by atoms with Gasteiger partial charge in [0.15, 0.2) is 0 Å². The van der Waals surface area contributed by atoms with E-state index in [0.717, 1.165) is 11.8 Å². The summed E-state index contributed by atoms with van der Waals surface area (Å²) in [5.74, 6) is -0.632. The standard InChI is InChI=1S/C16H17FN2O3S/c1-23(21,22)19-15-7-3-5-13(11-15)16(20)18-9-8-12-4-2-6-14(17)10-12/h2-7,10-11,19H,8-9H2,1H3,(H,18,20). The minimum Gasteiger partial charge on any atom is -0.352 e. The molecule has 2 N–H and O–H groups in total. The summed E-state index contributed by atoms with van der Waals surface area (Å²) in [7, 11) is -3.39. The largest absolute Gasteiger partial charge is 0.352 e. The molecule has 0 spiro atoms. The van der Waals surface area contributed by atoms with E-state index in [1.165, 1.54) is 18.2 Å². The maximum atomic E-state index is 13.1. The number of rotatable bonds is 6. The van der Waals surface area contributed by atoms with Crippen molar-refractivity contribution < 1.29 is 17.6 Å². The molecule has 2 aromatic rings. The number of hydrogen-bond acceptors (Lipinski definition) is 3. The molecule has 0 heterocycles. The number of carbonyl (C=O) groups excluding carboxylic acids is 1. The highest BCUT2D eigenvalue weighted by Gasteiger charge is 2.08. The lowest BCUT2D eigenvalue weighted by atomic mass is 10.1. The zero-order valence-corrected chi connectivity index (χ0v) is 13.4. The number of benzene rings is 2. The molecule has 7 heteroatoms. The van der Waals surface area contributed by atoms with Crippen molar-refractivity contribution in [1.82, 2.24) is 5.32 Å². The van der Waals surface area contributed by atoms with Crippen LogP contribution >= 0.6 is 0 Å². The molecule has 0 fully saturated rings. The van der Waals surface area contributed by atoms with E-state index in [4.69, 9.17) is 0 Å². The second-order valence-corrected chi connectivity index (χ2v) is 6.84. The Bertz CT molecular complexity index is 806. The number of halogens is 1. The van der Waals surface area contributed by atoms with Crippen LogP contribution in [-0.2, 0) is 16.4 Å². The Morgan fingerprint density at radius 2 is 1.87 bits per heavy atom. The summed E-state index contributed by atoms with van der Waals surface area (Å²) in [6, 6.07) is 12.4. The molecule has 0 bridgehead atoms. The van der Waals surface area contributed by atoms with E-state index in [9.17, 15) is 17.6 Å². The first-order valence-corrected chi connectivity index (χ1v) is 8.83. The molecule has 0 aliphatic rings. The lowest BCUT2D eigenvalue weighted by molar-refractivity contribution is 0.0954. The van der Waals surface area contributed by atoms with Crippen molar-refractivity contribution >= 4 is 21.6 Å². The predicted octanol–water partition coefficient (Wildman–Crippen LogP) is 2.17. The number of sulfonamides is 1. The molecule has 2 rings (SSSR count). The van der Waals surface area contributed by atoms with Crippen LogP contribution in [0.5, 0.6) is 0 Å². The van der Waals surface area contributed by atoms with Gasteiger partial charge in [-0.1, -0.05) is 18.2 Å². The summed E-state index contributed by atoms with van der Waals surface area (Å²) in [5, 5.41) is 2.72. The Morgan fingerprint density at radius 1 is 1.13 bits per heavy atom. The molecule has 0 atom stereocenters. The normalized spacial score (nSPS) is 11.0. The van der Waals surface area contributed by atoms with Crippen LogP contribution in [0.25, 0.3) is 0 Å². The Labute approximate surface area is 134 Å². The molecule has 0 aromatic heterocycles. The number of carbonyl (C=O) groups is 1. The average Bonchev–Trinajstić information content (AvgIpc) is 2.45. The first-order valence-electron chi connectivity index (χ1n) is 6.94. The summed E-state index contributed by atoms with van der Waals surface area (Å²) in [6.45, 7) is 0.353. The van der Waals surface area contributed by atoms with Gasteiger partial charge in [0.25, 0.3) is 5.91 Å². The van der Waals surface area contributed by atoms with Crippen LogP contribution in [0.1, 0.15) is 15.9 Å². The van der Waals surface area contributed by atoms with Gasteiger partial charge in [-0.25, -0.2) is 12.8 Å². The van der Waals surface area contributed by atoms with E-state index in [1.54, 1.807) is 30.3 Å². The monoisotopic (exact) mass is 336 g/mol. The molecule has 1 amide bonds. The minimum absolute atomic E-state index is 0.312. The topological polar surface area (TPSA) is 75.3 Å². The average molecular weight is 336 g/mol. The smallest absolute Gasteiger partial charge is 0.251 e. The SMILES string of the molecule is CS(=O)(=O)Nc1cccc(C(=O)NCCc2cccc(F)c2)c1. The van der Waals surface area contributed by atoms with E-state index in [2.05, 4.69) is 10.0 Å². The Kier molecular flexibility index (Phi) is 5.33. The van der Waals surface area contributed by atoms with E-state index < -0.39 is 10.0 Å². The van der Waals surface area contributed by atoms with Gasteiger partial charge in [0, 0.05) is 17.8 Å². The Morgan fingerprint density at radius 3 is 2.57 bits per heavy atom. The number of amides is 1. The molecule has 2 aromatic carbocycles. The third-order valence-corrected chi connectivity index (χ3v) is 3.62. The van der Waals surface area contributed by atoms with Crippen LogP contribution < -0.4 is 10.0 Å². The maximum absolute atomic E-state index is 13.1. The summed E-state index contributed by atoms with van der Waals surface area (Å²) < 4.78 is 37.8. The van der Waals surface area contributed by atoms with Gasteiger partial charge >= 0.3 is 0 Å². The molecule has 23 heavy (non-hydrogen) atoms. The van der Waals surface area contributed by atoms with Crippen molar-refractivity contribution in [3.8, 4) is 0 Å². The van der Waals surface area contributed by atoms with Crippen molar-refractivity contribution in [3.63, 3.8) is 0 Å². The van der Waals surface area contributed by atoms with Crippen LogP contribution in [0.2, 0.25) is 0 Å². The van der Waals surface area contributed by atoms with Crippen molar-refractivity contribution in [3.05, 3.63) is 65.5 Å². The quantitative estimate of drug-likeness (QED) is 0.849. The first kappa shape index (κ1) is 17.0. The van der Waals surface area contributed by atoms with Gasteiger partial charge < -0.3 is 5.32 Å². The van der Waals surface area contributed by atoms with E-state index in [0.29, 0.717) is 24.2 Å². The third-order valence-electron chi connectivity index (χ3n) is 3.02. The molecule has 0 aliphatic carbocycles. The second kappa shape index (κ2) is 7.23. The van der Waals surface area contributed by atoms with Crippen molar-refractivity contribution in [2.45, 2.75) is 6.42 Å². The van der Waals surface area contributed by atoms with Gasteiger partial charge in [-0.3, -0.25) is 9.52 Å². The summed E-state index contributed by atoms with van der Waals surface area (Å²) >= 11 is 0. The fourth-order valence-electron chi connectivity index (χ4n) is 2.05. The molecule has 0 unspecified atom stereocenters. The fourth-order valence-corrected chi connectivity index (χ4v) is 2.61. The molecule has 0 saturated carbocycles. The number of anilines is 1. The maximum Gasteiger partial charge on any atom is 0.251 e. The highest BCUT2D eigenvalue weighted by molar-refractivity contribution is 7.92. The van der Waals surface area contributed by atoms with Crippen molar-refractivity contribution in [1.29, 1.82) is 0 Å². The second-order valence-electron chi connectivity index (χ2n) is 5.09. The summed E-state index contributed by atoms with van der Waals surface area (Å²) in [6.07, 6.45) is 1.55. The Hall–Kier alpha value is -2.41. The third kappa shape index (κ3) is 5.71. The molecular weight excluding hydrogens is 319 g/mol. The highest BCUT2D eigenvalue weighted by atomic mass is 32.2. The molecule has 0 saturated heterocycles. The molecular formula is C16H17FN2O3S. The number of hydrogen-bond donors (Lipinski definition) is 2. The van der Waals surface area contributed by atoms with Crippen LogP contribution in [0.4, 0.5) is 10.1 Å². The molecule has 122 valence electrons. The zero-order valence-electron chi connectivity index (χ0n) is 12.5. The highest BCUT2D eigenvalue weighted by Crippen LogP contribution is 2.12. The summed E-state index contributed by atoms with van der Waals surface area (Å²) in [4.78, 5) is 12.1. The van der Waals surface area contributed by atoms with Crippen molar-refractivity contribution in [2.24, 2.45) is 0 Å². The van der Waals surface area contributed by atoms with E-state index in [1.807, 2.05) is 0 Å². The van der Waals surface area contributed by atoms with Gasteiger partial charge in [-0.15, -0.1) is 0 Å². The van der Waals surface area contributed by atoms with Gasteiger partial charge in [0.1, 0.15) is 5.82 Å². The van der Waals surface area contributed by atoms with Gasteiger partial charge in [0.2, 0.25) is 10.0 Å². The van der Waals surface area contributed by atoms with Crippen LogP contribution in [0.15, 0.2) is 48.5 Å². The van der Waals surface area contributed by atoms with Crippen LogP contribution in [-0.4, -0.2) is 27.1 Å². The van der Waals surface area contributed by atoms with E-state index in [-0.39, 0.29) is 11.7 Å². The first-order chi connectivity index (χ1) is 10.8.